The largest absolute Gasteiger partial charge is 0.462 e. The number of carbonyl (C=O) groups excluding carboxylic acids is 1. The van der Waals surface area contributed by atoms with Gasteiger partial charge in [-0.2, -0.15) is 0 Å². The molecule has 0 aliphatic rings. The van der Waals surface area contributed by atoms with Crippen LogP contribution in [0, 0.1) is 10.1 Å². The number of nitrogens with zero attached hydrogens (tertiary/aromatic N) is 1. The van der Waals surface area contributed by atoms with Crippen molar-refractivity contribution in [3.05, 3.63) is 64.2 Å². The third kappa shape index (κ3) is 4.07. The van der Waals surface area contributed by atoms with Crippen molar-refractivity contribution in [2.45, 2.75) is 11.8 Å². The molecule has 0 radical (unpaired) electrons. The number of ether oxygens (including phenoxy) is 1. The fourth-order valence-electron chi connectivity index (χ4n) is 1.87. The smallest absolute Gasteiger partial charge is 0.338 e. The predicted octanol–water partition coefficient (Wildman–Crippen LogP) is 2.57. The molecular formula is C15H14N2O6S. The van der Waals surface area contributed by atoms with Gasteiger partial charge in [0.05, 0.1) is 22.0 Å². The molecule has 0 saturated carbocycles. The maximum Gasteiger partial charge on any atom is 0.338 e. The lowest BCUT2D eigenvalue weighted by molar-refractivity contribution is -0.385. The average Bonchev–Trinajstić information content (AvgIpc) is 2.55. The number of esters is 1. The fraction of sp³-hybridized carbons (Fsp3) is 0.133. The van der Waals surface area contributed by atoms with Gasteiger partial charge in [-0.05, 0) is 37.3 Å². The van der Waals surface area contributed by atoms with E-state index in [0.717, 1.165) is 6.07 Å². The molecule has 0 aromatic heterocycles. The molecule has 9 heteroatoms. The number of hydrogen-bond donors (Lipinski definition) is 1. The summed E-state index contributed by atoms with van der Waals surface area (Å²) in [4.78, 5) is 21.4. The second kappa shape index (κ2) is 7.09. The summed E-state index contributed by atoms with van der Waals surface area (Å²) < 4.78 is 31.7. The molecule has 1 N–H and O–H groups in total. The van der Waals surface area contributed by atoms with Crippen molar-refractivity contribution in [3.63, 3.8) is 0 Å². The van der Waals surface area contributed by atoms with Gasteiger partial charge in [-0.1, -0.05) is 6.07 Å². The van der Waals surface area contributed by atoms with E-state index in [-0.39, 0.29) is 28.4 Å². The number of non-ortho nitro benzene ring substituents is 1. The first-order chi connectivity index (χ1) is 11.3. The van der Waals surface area contributed by atoms with E-state index in [9.17, 15) is 23.3 Å². The highest BCUT2D eigenvalue weighted by molar-refractivity contribution is 7.92. The minimum atomic E-state index is -3.98. The Kier molecular flexibility index (Phi) is 5.14. The SMILES string of the molecule is CCOC(=O)c1ccc(NS(=O)(=O)c2cccc([N+](=O)[O-])c2)cc1. The normalized spacial score (nSPS) is 10.9. The average molecular weight is 350 g/mol. The standard InChI is InChI=1S/C15H14N2O6S/c1-2-23-15(18)11-6-8-12(9-7-11)16-24(21,22)14-5-3-4-13(10-14)17(19)20/h3-10,16H,2H2,1H3. The number of hydrogen-bond acceptors (Lipinski definition) is 6. The van der Waals surface area contributed by atoms with E-state index in [2.05, 4.69) is 4.72 Å². The molecule has 0 aliphatic heterocycles. The van der Waals surface area contributed by atoms with Gasteiger partial charge >= 0.3 is 5.97 Å². The van der Waals surface area contributed by atoms with Crippen LogP contribution in [-0.4, -0.2) is 25.9 Å². The third-order valence-electron chi connectivity index (χ3n) is 2.99. The number of anilines is 1. The molecule has 8 nitrogen and oxygen atoms in total. The fourth-order valence-corrected chi connectivity index (χ4v) is 2.96. The topological polar surface area (TPSA) is 116 Å². The number of rotatable bonds is 6. The van der Waals surface area contributed by atoms with Crippen LogP contribution in [0.3, 0.4) is 0 Å². The zero-order valence-electron chi connectivity index (χ0n) is 12.6. The Hall–Kier alpha value is -2.94. The number of nitro benzene ring substituents is 1. The van der Waals surface area contributed by atoms with E-state index in [4.69, 9.17) is 4.74 Å². The van der Waals surface area contributed by atoms with Gasteiger partial charge in [-0.3, -0.25) is 14.8 Å². The zero-order chi connectivity index (χ0) is 17.7. The molecule has 0 heterocycles. The maximum absolute atomic E-state index is 12.3. The zero-order valence-corrected chi connectivity index (χ0v) is 13.4. The molecule has 0 bridgehead atoms. The van der Waals surface area contributed by atoms with Crippen LogP contribution < -0.4 is 4.72 Å². The van der Waals surface area contributed by atoms with E-state index >= 15 is 0 Å². The molecule has 2 rings (SSSR count). The van der Waals surface area contributed by atoms with Crippen LogP contribution >= 0.6 is 0 Å². The molecule has 0 atom stereocenters. The van der Waals surface area contributed by atoms with Crippen molar-refractivity contribution >= 4 is 27.4 Å². The van der Waals surface area contributed by atoms with Crippen LogP contribution in [0.25, 0.3) is 0 Å². The van der Waals surface area contributed by atoms with Gasteiger partial charge in [0.15, 0.2) is 0 Å². The molecule has 24 heavy (non-hydrogen) atoms. The molecule has 0 spiro atoms. The van der Waals surface area contributed by atoms with Crippen LogP contribution in [-0.2, 0) is 14.8 Å². The van der Waals surface area contributed by atoms with Crippen LogP contribution in [0.5, 0.6) is 0 Å². The van der Waals surface area contributed by atoms with E-state index in [1.54, 1.807) is 6.92 Å². The highest BCUT2D eigenvalue weighted by atomic mass is 32.2. The molecule has 0 saturated heterocycles. The van der Waals surface area contributed by atoms with Gasteiger partial charge in [0.25, 0.3) is 15.7 Å². The lowest BCUT2D eigenvalue weighted by Gasteiger charge is -2.08. The summed E-state index contributed by atoms with van der Waals surface area (Å²) in [6.45, 7) is 1.92. The second-order valence-corrected chi connectivity index (χ2v) is 6.34. The number of nitro groups is 1. The second-order valence-electron chi connectivity index (χ2n) is 4.66. The van der Waals surface area contributed by atoms with Crippen LogP contribution in [0.15, 0.2) is 53.4 Å². The van der Waals surface area contributed by atoms with Gasteiger partial charge < -0.3 is 4.74 Å². The minimum Gasteiger partial charge on any atom is -0.462 e. The van der Waals surface area contributed by atoms with Crippen LogP contribution in [0.1, 0.15) is 17.3 Å². The van der Waals surface area contributed by atoms with Crippen molar-refractivity contribution in [2.24, 2.45) is 0 Å². The Morgan fingerprint density at radius 1 is 1.21 bits per heavy atom. The Labute approximate surface area is 138 Å². The Balaban J connectivity index is 2.22. The summed E-state index contributed by atoms with van der Waals surface area (Å²) in [6, 6.07) is 10.4. The van der Waals surface area contributed by atoms with Gasteiger partial charge in [-0.15, -0.1) is 0 Å². The minimum absolute atomic E-state index is 0.217. The first kappa shape index (κ1) is 17.4. The van der Waals surface area contributed by atoms with E-state index < -0.39 is 20.9 Å². The Morgan fingerprint density at radius 2 is 1.88 bits per heavy atom. The van der Waals surface area contributed by atoms with Gasteiger partial charge in [0.2, 0.25) is 0 Å². The highest BCUT2D eigenvalue weighted by Crippen LogP contribution is 2.20. The van der Waals surface area contributed by atoms with Gasteiger partial charge in [-0.25, -0.2) is 13.2 Å². The number of carbonyl (C=O) groups is 1. The molecule has 2 aromatic carbocycles. The van der Waals surface area contributed by atoms with Crippen molar-refractivity contribution in [3.8, 4) is 0 Å². The molecule has 0 amide bonds. The molecule has 0 aliphatic carbocycles. The van der Waals surface area contributed by atoms with Crippen molar-refractivity contribution < 1.29 is 22.9 Å². The molecule has 0 fully saturated rings. The van der Waals surface area contributed by atoms with Crippen molar-refractivity contribution in [2.75, 3.05) is 11.3 Å². The maximum atomic E-state index is 12.3. The van der Waals surface area contributed by atoms with Crippen molar-refractivity contribution in [1.29, 1.82) is 0 Å². The van der Waals surface area contributed by atoms with Crippen LogP contribution in [0.2, 0.25) is 0 Å². The summed E-state index contributed by atoms with van der Waals surface area (Å²) in [5, 5.41) is 10.7. The summed E-state index contributed by atoms with van der Waals surface area (Å²) in [5.74, 6) is -0.509. The first-order valence-corrected chi connectivity index (χ1v) is 8.36. The highest BCUT2D eigenvalue weighted by Gasteiger charge is 2.18. The number of sulfonamides is 1. The van der Waals surface area contributed by atoms with Gasteiger partial charge in [0.1, 0.15) is 0 Å². The van der Waals surface area contributed by atoms with Crippen LogP contribution in [0.4, 0.5) is 11.4 Å². The van der Waals surface area contributed by atoms with E-state index in [0.29, 0.717) is 0 Å². The monoisotopic (exact) mass is 350 g/mol. The summed E-state index contributed by atoms with van der Waals surface area (Å²) in [6.07, 6.45) is 0. The summed E-state index contributed by atoms with van der Waals surface area (Å²) in [5.41, 5.74) is 0.181. The van der Waals surface area contributed by atoms with Crippen molar-refractivity contribution in [1.82, 2.24) is 0 Å². The number of nitrogens with one attached hydrogen (secondary N) is 1. The predicted molar refractivity (Wildman–Crippen MR) is 86.3 cm³/mol. The Morgan fingerprint density at radius 3 is 2.46 bits per heavy atom. The third-order valence-corrected chi connectivity index (χ3v) is 4.37. The van der Waals surface area contributed by atoms with Gasteiger partial charge in [0, 0.05) is 17.8 Å². The Bertz CT molecular complexity index is 862. The molecule has 2 aromatic rings. The quantitative estimate of drug-likeness (QED) is 0.486. The first-order valence-electron chi connectivity index (χ1n) is 6.88. The summed E-state index contributed by atoms with van der Waals surface area (Å²) in [7, 11) is -3.98. The van der Waals surface area contributed by atoms with E-state index in [1.807, 2.05) is 0 Å². The molecule has 0 unspecified atom stereocenters. The molecular weight excluding hydrogens is 336 g/mol. The van der Waals surface area contributed by atoms with E-state index in [1.165, 1.54) is 42.5 Å². The lowest BCUT2D eigenvalue weighted by Crippen LogP contribution is -2.13. The molecule has 126 valence electrons. The number of benzene rings is 2. The summed E-state index contributed by atoms with van der Waals surface area (Å²) >= 11 is 0. The lowest BCUT2D eigenvalue weighted by atomic mass is 10.2.